The number of fused-ring (bicyclic) bond motifs is 1. The number of halogens is 1. The summed E-state index contributed by atoms with van der Waals surface area (Å²) >= 11 is -3.98. The fourth-order valence-electron chi connectivity index (χ4n) is 16.6. The Morgan fingerprint density at radius 3 is 1.25 bits per heavy atom. The molecule has 0 amide bonds. The Morgan fingerprint density at radius 2 is 0.818 bits per heavy atom. The van der Waals surface area contributed by atoms with Crippen LogP contribution >= 0.6 is 17.9 Å². The first-order valence-corrected chi connectivity index (χ1v) is 52.4. The summed E-state index contributed by atoms with van der Waals surface area (Å²) in [5, 5.41) is 11.3. The molecule has 7 aliphatic rings. The third-order valence-corrected chi connectivity index (χ3v) is 38.1. The molecule has 110 heavy (non-hydrogen) atoms. The fraction of sp³-hybridized carbons (Fsp3) is 0.593. The summed E-state index contributed by atoms with van der Waals surface area (Å²) in [7, 11) is -8.09. The summed E-state index contributed by atoms with van der Waals surface area (Å²) in [6.45, 7) is 7.73. The Morgan fingerprint density at radius 1 is 0.445 bits per heavy atom. The zero-order valence-corrected chi connectivity index (χ0v) is 71.2. The number of carbonyl (C=O) groups is 3. The average molecular weight is 1710 g/mol. The van der Waals surface area contributed by atoms with Gasteiger partial charge in [-0.05, 0) is 187 Å². The van der Waals surface area contributed by atoms with Crippen LogP contribution in [0.1, 0.15) is 156 Å². The van der Waals surface area contributed by atoms with E-state index in [2.05, 4.69) is 34.1 Å². The first-order chi connectivity index (χ1) is 52.4. The van der Waals surface area contributed by atoms with E-state index in [0.29, 0.717) is 94.2 Å². The van der Waals surface area contributed by atoms with Crippen molar-refractivity contribution in [2.45, 2.75) is 150 Å². The number of hydrogen-bond donors (Lipinski definition) is 1. The van der Waals surface area contributed by atoms with Crippen molar-refractivity contribution in [1.29, 1.82) is 0 Å². The molecule has 1 atom stereocenters. The molecular weight excluding hydrogens is 1590 g/mol. The van der Waals surface area contributed by atoms with Crippen LogP contribution < -0.4 is 9.80 Å². The van der Waals surface area contributed by atoms with Gasteiger partial charge in [-0.2, -0.15) is 42.7 Å². The number of benzene rings is 5. The van der Waals surface area contributed by atoms with Crippen molar-refractivity contribution >= 4 is 87.4 Å². The number of aliphatic hydroxyl groups excluding tert-OH is 1. The van der Waals surface area contributed by atoms with Crippen molar-refractivity contribution in [3.05, 3.63) is 154 Å². The third kappa shape index (κ3) is 23.2. The van der Waals surface area contributed by atoms with Gasteiger partial charge in [0.15, 0.2) is 5.78 Å². The van der Waals surface area contributed by atoms with Gasteiger partial charge in [0, 0.05) is 118 Å². The van der Waals surface area contributed by atoms with Crippen molar-refractivity contribution in [2.24, 2.45) is 11.8 Å². The van der Waals surface area contributed by atoms with E-state index >= 15 is 0 Å². The van der Waals surface area contributed by atoms with Gasteiger partial charge in [0.25, 0.3) is 20.4 Å². The standard InChI is InChI=1S/C35H55N5O5S2.C35H53N5O5S2.C11H13IO4/c2*1-36(2)33-15-17-35(18-16-33)46(42,43)39-23-9-21-37(27-30-11-5-3-6-12-30)22-10-24-40(29-34(41)28-39)47(44,45)38-25-19-32(20-26-38)31-13-7-4-8-14-31;1-8(13)15-12(2,3)10-7-5-4-6-9(10)11(14)16-12/h4,7-8,13-18,30,32,34,41H,3,5-6,9-12,19-29H2,1-2H3;4,7-8,13-18,30,32H,3,5-6,9-12,19-29H2,1-2H3;4-7H,1-3H3. The number of alkyl halides is 2. The number of ketones is 1. The molecule has 2 aliphatic carbocycles. The number of nitrogens with zero attached hydrogens (tertiary/aromatic N) is 10. The Kier molecular flexibility index (Phi) is 31.0. The van der Waals surface area contributed by atoms with E-state index in [4.69, 9.17) is 6.13 Å². The number of Topliss-reactive ketones (excluding diaryl/α,β-unsaturated/α-hetero) is 1. The first-order valence-electron chi connectivity index (χ1n) is 39.5. The van der Waals surface area contributed by atoms with E-state index < -0.39 is 82.2 Å². The number of hydrogen-bond acceptors (Lipinski definition) is 18. The molecule has 5 aromatic rings. The maximum Gasteiger partial charge on any atom is 0.282 e. The quantitative estimate of drug-likeness (QED) is 0.0670. The van der Waals surface area contributed by atoms with Crippen molar-refractivity contribution in [3.8, 4) is 0 Å². The molecule has 0 aromatic heterocycles. The van der Waals surface area contributed by atoms with Crippen LogP contribution in [-0.4, -0.2) is 254 Å². The average Bonchev–Trinajstić information content (AvgIpc) is 1.56. The van der Waals surface area contributed by atoms with Crippen LogP contribution in [0.5, 0.6) is 0 Å². The summed E-state index contributed by atoms with van der Waals surface area (Å²) < 4.78 is 132. The van der Waals surface area contributed by atoms with Crippen LogP contribution in [0.3, 0.4) is 0 Å². The number of sulfonamides is 2. The third-order valence-electron chi connectivity index (χ3n) is 22.6. The molecule has 1 unspecified atom stereocenters. The number of rotatable bonds is 17. The number of piperidine rings is 2. The molecule has 2 saturated carbocycles. The topological polar surface area (TPSA) is 259 Å². The number of β-amino-alcohol motifs (C(OH)–C–C–N with tert-alkyl or cyclic N) is 1. The van der Waals surface area contributed by atoms with Gasteiger partial charge in [0.1, 0.15) is 0 Å². The van der Waals surface area contributed by atoms with Crippen LogP contribution in [0.25, 0.3) is 0 Å². The fourth-order valence-corrected chi connectivity index (χ4v) is 30.0. The molecular formula is C81H121IN10O14S4. The molecule has 0 bridgehead atoms. The molecule has 12 rings (SSSR count). The van der Waals surface area contributed by atoms with Crippen LogP contribution in [0, 0.1) is 15.4 Å². The summed E-state index contributed by atoms with van der Waals surface area (Å²) in [5.74, 6) is 0.631. The molecule has 6 fully saturated rings. The predicted octanol–water partition coefficient (Wildman–Crippen LogP) is 10.9. The minimum Gasteiger partial charge on any atom is -0.390 e. The molecule has 5 aromatic carbocycles. The van der Waals surface area contributed by atoms with Gasteiger partial charge in [-0.3, -0.25) is 4.79 Å². The molecule has 0 spiro atoms. The molecule has 29 heteroatoms. The molecule has 610 valence electrons. The number of carbonyl (C=O) groups excluding carboxylic acids is 3. The Balaban J connectivity index is 0.000000195. The maximum absolute atomic E-state index is 14.1. The van der Waals surface area contributed by atoms with Crippen molar-refractivity contribution in [1.82, 2.24) is 35.6 Å². The second-order valence-corrected chi connectivity index (χ2v) is 50.4. The SMILES string of the molecule is CC(=O)OI1(C)(C)OC(=O)c2ccccc21.CN(C)c1ccc(S(=O)(=O)N2CCCN(CC3CCCCC3)CCCN(S(=O)(=O)N3CCC(c4ccccc4)CC3)CC(=O)C2)cc1.CN(C)c1ccc(S(=O)(=O)N2CCCN(CC3CCCCC3)CCCN(S(=O)(=O)N3CCC(c4ccccc4)CC3)CC(O)C2)cc1. The normalized spacial score (nSPS) is 22.8. The van der Waals surface area contributed by atoms with Crippen LogP contribution in [-0.2, 0) is 56.2 Å². The second kappa shape index (κ2) is 39.2. The van der Waals surface area contributed by atoms with E-state index in [1.165, 1.54) is 104 Å². The smallest absolute Gasteiger partial charge is 0.282 e. The molecule has 1 N–H and O–H groups in total. The zero-order valence-electron chi connectivity index (χ0n) is 65.8. The van der Waals surface area contributed by atoms with Crippen LogP contribution in [0.2, 0.25) is 0 Å². The van der Waals surface area contributed by atoms with Gasteiger partial charge in [-0.1, -0.05) is 99.2 Å². The van der Waals surface area contributed by atoms with Crippen molar-refractivity contribution in [3.63, 3.8) is 0 Å². The van der Waals surface area contributed by atoms with Crippen molar-refractivity contribution in [2.75, 3.05) is 166 Å². The van der Waals surface area contributed by atoms with Crippen molar-refractivity contribution < 1.29 is 59.3 Å². The van der Waals surface area contributed by atoms with E-state index in [0.717, 1.165) is 66.8 Å². The molecule has 0 radical (unpaired) electrons. The van der Waals surface area contributed by atoms with Gasteiger partial charge in [0.2, 0.25) is 20.0 Å². The summed E-state index contributed by atoms with van der Waals surface area (Å²) in [5.41, 5.74) is 4.75. The summed E-state index contributed by atoms with van der Waals surface area (Å²) in [6, 6.07) is 41.0. The largest absolute Gasteiger partial charge is 0.390 e. The Labute approximate surface area is 659 Å². The van der Waals surface area contributed by atoms with Gasteiger partial charge >= 0.3 is 95.7 Å². The number of aliphatic hydroxyl groups is 1. The van der Waals surface area contributed by atoms with Crippen LogP contribution in [0.4, 0.5) is 11.4 Å². The first kappa shape index (κ1) is 86.9. The zero-order chi connectivity index (χ0) is 78.9. The molecule has 4 saturated heterocycles. The van der Waals surface area contributed by atoms with E-state index in [1.807, 2.05) is 80.5 Å². The monoisotopic (exact) mass is 1710 g/mol. The second-order valence-electron chi connectivity index (χ2n) is 31.6. The van der Waals surface area contributed by atoms with Gasteiger partial charge < -0.3 is 24.7 Å². The van der Waals surface area contributed by atoms with Gasteiger partial charge in [-0.15, -0.1) is 0 Å². The molecule has 24 nitrogen and oxygen atoms in total. The summed E-state index contributed by atoms with van der Waals surface area (Å²) in [4.78, 5) is 48.9. The summed E-state index contributed by atoms with van der Waals surface area (Å²) in [6.07, 6.45) is 16.7. The molecule has 5 aliphatic heterocycles. The van der Waals surface area contributed by atoms with E-state index in [-0.39, 0.29) is 62.1 Å². The van der Waals surface area contributed by atoms with Crippen LogP contribution in [0.15, 0.2) is 143 Å². The maximum atomic E-state index is 14.1. The Hall–Kier alpha value is -5.52. The minimum atomic E-state index is -3.98. The molecule has 5 heterocycles. The van der Waals surface area contributed by atoms with Gasteiger partial charge in [-0.25, -0.2) is 16.8 Å². The van der Waals surface area contributed by atoms with E-state index in [9.17, 15) is 53.2 Å². The number of anilines is 2. The van der Waals surface area contributed by atoms with E-state index in [1.54, 1.807) is 80.9 Å². The predicted molar refractivity (Wildman–Crippen MR) is 444 cm³/mol. The Bertz CT molecular complexity index is 4270. The minimum absolute atomic E-state index is 0.132. The van der Waals surface area contributed by atoms with Gasteiger partial charge in [0.05, 0.1) is 29.0 Å².